The number of nitrogens with one attached hydrogen (secondary N) is 1. The molecule has 1 aromatic carbocycles. The molecule has 0 bridgehead atoms. The molecule has 0 radical (unpaired) electrons. The summed E-state index contributed by atoms with van der Waals surface area (Å²) < 4.78 is 0. The van der Waals surface area contributed by atoms with E-state index in [-0.39, 0.29) is 17.2 Å². The van der Waals surface area contributed by atoms with Crippen molar-refractivity contribution < 1.29 is 10.0 Å². The van der Waals surface area contributed by atoms with Gasteiger partial charge in [-0.2, -0.15) is 0 Å². The Bertz CT molecular complexity index is 432. The van der Waals surface area contributed by atoms with Gasteiger partial charge in [0.15, 0.2) is 0 Å². The van der Waals surface area contributed by atoms with Crippen molar-refractivity contribution in [3.63, 3.8) is 0 Å². The normalized spacial score (nSPS) is 10.8. The lowest BCUT2D eigenvalue weighted by molar-refractivity contribution is -0.384. The molecule has 0 fully saturated rings. The van der Waals surface area contributed by atoms with E-state index in [1.54, 1.807) is 12.1 Å². The van der Waals surface area contributed by atoms with Gasteiger partial charge in [0.05, 0.1) is 11.5 Å². The van der Waals surface area contributed by atoms with E-state index in [2.05, 4.69) is 17.1 Å². The molecule has 0 saturated heterocycles. The lowest BCUT2D eigenvalue weighted by atomic mass is 10.1. The van der Waals surface area contributed by atoms with Crippen molar-refractivity contribution in [3.05, 3.63) is 33.9 Å². The molecule has 0 heterocycles. The number of nitro benzene ring substituents is 1. The molecule has 20 heavy (non-hydrogen) atoms. The van der Waals surface area contributed by atoms with Crippen LogP contribution in [0.5, 0.6) is 0 Å². The number of benzene rings is 1. The minimum atomic E-state index is -0.380. The standard InChI is InChI=1S/C14H23N3O3/c1-3-7-16(8-9-18)11-12-10-13(17(19)20)5-6-14(12)15-4-2/h5-6,10,15,18H,3-4,7-9,11H2,1-2H3. The molecule has 0 amide bonds. The quantitative estimate of drug-likeness (QED) is 0.536. The number of non-ortho nitro benzene ring substituents is 1. The van der Waals surface area contributed by atoms with Crippen LogP contribution in [0.1, 0.15) is 25.8 Å². The second-order valence-corrected chi connectivity index (χ2v) is 4.63. The Kier molecular flexibility index (Phi) is 6.97. The molecule has 0 atom stereocenters. The van der Waals surface area contributed by atoms with Crippen molar-refractivity contribution in [1.82, 2.24) is 4.90 Å². The van der Waals surface area contributed by atoms with Crippen LogP contribution >= 0.6 is 0 Å². The minimum absolute atomic E-state index is 0.0888. The third kappa shape index (κ3) is 4.79. The fourth-order valence-corrected chi connectivity index (χ4v) is 2.16. The molecule has 2 N–H and O–H groups in total. The first kappa shape index (κ1) is 16.4. The molecule has 112 valence electrons. The number of nitrogens with zero attached hydrogens (tertiary/aromatic N) is 2. The van der Waals surface area contributed by atoms with Gasteiger partial charge in [-0.05, 0) is 31.5 Å². The third-order valence-corrected chi connectivity index (χ3v) is 3.02. The number of hydrogen-bond donors (Lipinski definition) is 2. The molecule has 1 aromatic rings. The van der Waals surface area contributed by atoms with Crippen molar-refractivity contribution in [2.75, 3.05) is 31.6 Å². The summed E-state index contributed by atoms with van der Waals surface area (Å²) in [5, 5.41) is 23.2. The second kappa shape index (κ2) is 8.50. The Balaban J connectivity index is 2.97. The molecule has 0 spiro atoms. The third-order valence-electron chi connectivity index (χ3n) is 3.02. The zero-order chi connectivity index (χ0) is 15.0. The van der Waals surface area contributed by atoms with Crippen molar-refractivity contribution in [3.8, 4) is 0 Å². The maximum Gasteiger partial charge on any atom is 0.269 e. The number of hydrogen-bond acceptors (Lipinski definition) is 5. The van der Waals surface area contributed by atoms with E-state index in [0.29, 0.717) is 13.1 Å². The summed E-state index contributed by atoms with van der Waals surface area (Å²) in [5.41, 5.74) is 1.90. The predicted molar refractivity (Wildman–Crippen MR) is 79.9 cm³/mol. The van der Waals surface area contributed by atoms with E-state index in [1.165, 1.54) is 6.07 Å². The minimum Gasteiger partial charge on any atom is -0.395 e. The fraction of sp³-hybridized carbons (Fsp3) is 0.571. The van der Waals surface area contributed by atoms with E-state index < -0.39 is 0 Å². The van der Waals surface area contributed by atoms with Crippen LogP contribution in [0.2, 0.25) is 0 Å². The Labute approximate surface area is 119 Å². The van der Waals surface area contributed by atoms with Gasteiger partial charge in [0.25, 0.3) is 5.69 Å². The Morgan fingerprint density at radius 1 is 1.35 bits per heavy atom. The molecular formula is C14H23N3O3. The number of anilines is 1. The number of aliphatic hydroxyl groups excluding tert-OH is 1. The van der Waals surface area contributed by atoms with Crippen molar-refractivity contribution >= 4 is 11.4 Å². The van der Waals surface area contributed by atoms with Crippen LogP contribution < -0.4 is 5.32 Å². The summed E-state index contributed by atoms with van der Waals surface area (Å²) in [4.78, 5) is 12.6. The highest BCUT2D eigenvalue weighted by Crippen LogP contribution is 2.23. The van der Waals surface area contributed by atoms with Crippen LogP contribution in [0.25, 0.3) is 0 Å². The van der Waals surface area contributed by atoms with Crippen LogP contribution in [0.4, 0.5) is 11.4 Å². The van der Waals surface area contributed by atoms with E-state index in [0.717, 1.165) is 30.8 Å². The lowest BCUT2D eigenvalue weighted by Crippen LogP contribution is -2.27. The molecular weight excluding hydrogens is 258 g/mol. The molecule has 0 aliphatic carbocycles. The Morgan fingerprint density at radius 3 is 2.65 bits per heavy atom. The van der Waals surface area contributed by atoms with Gasteiger partial charge in [-0.25, -0.2) is 0 Å². The molecule has 0 unspecified atom stereocenters. The van der Waals surface area contributed by atoms with E-state index in [9.17, 15) is 10.1 Å². The van der Waals surface area contributed by atoms with Crippen molar-refractivity contribution in [2.45, 2.75) is 26.8 Å². The van der Waals surface area contributed by atoms with Crippen LogP contribution in [0.3, 0.4) is 0 Å². The average Bonchev–Trinajstić information content (AvgIpc) is 2.41. The van der Waals surface area contributed by atoms with Gasteiger partial charge < -0.3 is 10.4 Å². The summed E-state index contributed by atoms with van der Waals surface area (Å²) in [7, 11) is 0. The van der Waals surface area contributed by atoms with E-state index in [1.807, 2.05) is 6.92 Å². The molecule has 0 aliphatic heterocycles. The molecule has 6 nitrogen and oxygen atoms in total. The van der Waals surface area contributed by atoms with Gasteiger partial charge in [0.1, 0.15) is 0 Å². The van der Waals surface area contributed by atoms with Crippen LogP contribution in [0.15, 0.2) is 18.2 Å². The first-order valence-electron chi connectivity index (χ1n) is 6.96. The lowest BCUT2D eigenvalue weighted by Gasteiger charge is -2.22. The predicted octanol–water partition coefficient (Wildman–Crippen LogP) is 2.23. The Morgan fingerprint density at radius 2 is 2.10 bits per heavy atom. The van der Waals surface area contributed by atoms with Gasteiger partial charge in [0.2, 0.25) is 0 Å². The summed E-state index contributed by atoms with van der Waals surface area (Å²) in [6.45, 7) is 6.94. The number of nitro groups is 1. The van der Waals surface area contributed by atoms with Gasteiger partial charge in [-0.1, -0.05) is 6.92 Å². The van der Waals surface area contributed by atoms with Gasteiger partial charge >= 0.3 is 0 Å². The molecule has 0 aromatic heterocycles. The van der Waals surface area contributed by atoms with Crippen molar-refractivity contribution in [2.24, 2.45) is 0 Å². The summed E-state index contributed by atoms with van der Waals surface area (Å²) in [6.07, 6.45) is 0.978. The molecule has 1 rings (SSSR count). The van der Waals surface area contributed by atoms with E-state index >= 15 is 0 Å². The highest BCUT2D eigenvalue weighted by molar-refractivity contribution is 5.56. The largest absolute Gasteiger partial charge is 0.395 e. The maximum absolute atomic E-state index is 10.9. The summed E-state index contributed by atoms with van der Waals surface area (Å²) in [6, 6.07) is 4.87. The molecule has 0 saturated carbocycles. The maximum atomic E-state index is 10.9. The Hall–Kier alpha value is -1.66. The van der Waals surface area contributed by atoms with Crippen LogP contribution in [0, 0.1) is 10.1 Å². The second-order valence-electron chi connectivity index (χ2n) is 4.63. The number of aliphatic hydroxyl groups is 1. The van der Waals surface area contributed by atoms with Crippen molar-refractivity contribution in [1.29, 1.82) is 0 Å². The highest BCUT2D eigenvalue weighted by Gasteiger charge is 2.13. The number of rotatable bonds is 9. The van der Waals surface area contributed by atoms with Gasteiger partial charge in [-0.3, -0.25) is 15.0 Å². The van der Waals surface area contributed by atoms with Gasteiger partial charge in [0, 0.05) is 37.5 Å². The highest BCUT2D eigenvalue weighted by atomic mass is 16.6. The first-order valence-corrected chi connectivity index (χ1v) is 6.96. The van der Waals surface area contributed by atoms with Crippen LogP contribution in [-0.4, -0.2) is 41.2 Å². The monoisotopic (exact) mass is 281 g/mol. The van der Waals surface area contributed by atoms with Crippen LogP contribution in [-0.2, 0) is 6.54 Å². The molecule has 6 heteroatoms. The first-order chi connectivity index (χ1) is 9.62. The molecule has 0 aliphatic rings. The SMILES string of the molecule is CCCN(CCO)Cc1cc([N+](=O)[O-])ccc1NCC. The zero-order valence-corrected chi connectivity index (χ0v) is 12.1. The summed E-state index contributed by atoms with van der Waals surface area (Å²) >= 11 is 0. The average molecular weight is 281 g/mol. The van der Waals surface area contributed by atoms with E-state index in [4.69, 9.17) is 5.11 Å². The van der Waals surface area contributed by atoms with Gasteiger partial charge in [-0.15, -0.1) is 0 Å². The fourth-order valence-electron chi connectivity index (χ4n) is 2.16. The zero-order valence-electron chi connectivity index (χ0n) is 12.1. The smallest absolute Gasteiger partial charge is 0.269 e. The summed E-state index contributed by atoms with van der Waals surface area (Å²) in [5.74, 6) is 0. The topological polar surface area (TPSA) is 78.6 Å².